The van der Waals surface area contributed by atoms with E-state index >= 15 is 0 Å². The quantitative estimate of drug-likeness (QED) is 0.671. The molecule has 0 saturated carbocycles. The minimum absolute atomic E-state index is 0.0148. The number of aliphatic hydroxyl groups excluding tert-OH is 1. The third-order valence-electron chi connectivity index (χ3n) is 1.85. The van der Waals surface area contributed by atoms with Crippen LogP contribution in [0.2, 0.25) is 0 Å². The van der Waals surface area contributed by atoms with Crippen LogP contribution in [-0.4, -0.2) is 21.3 Å². The van der Waals surface area contributed by atoms with Crippen LogP contribution in [0.4, 0.5) is 0 Å². The fourth-order valence-corrected chi connectivity index (χ4v) is 1.12. The zero-order chi connectivity index (χ0) is 9.52. The van der Waals surface area contributed by atoms with Gasteiger partial charge in [-0.15, -0.1) is 0 Å². The van der Waals surface area contributed by atoms with Crippen molar-refractivity contribution in [3.8, 4) is 0 Å². The maximum atomic E-state index is 11.2. The molecular formula is C9H14N2O2. The molecule has 0 fully saturated rings. The molecule has 0 aliphatic carbocycles. The van der Waals surface area contributed by atoms with Crippen LogP contribution in [0, 0.1) is 0 Å². The summed E-state index contributed by atoms with van der Waals surface area (Å²) in [6.07, 6.45) is 5.69. The van der Waals surface area contributed by atoms with Crippen molar-refractivity contribution in [3.05, 3.63) is 28.9 Å². The number of unbranched alkanes of at least 4 members (excludes halogenated alkanes) is 2. The van der Waals surface area contributed by atoms with Crippen LogP contribution in [0.25, 0.3) is 0 Å². The van der Waals surface area contributed by atoms with E-state index in [4.69, 9.17) is 5.11 Å². The number of aryl methyl sites for hydroxylation is 1. The highest BCUT2D eigenvalue weighted by molar-refractivity contribution is 4.81. The second-order valence-electron chi connectivity index (χ2n) is 2.90. The van der Waals surface area contributed by atoms with Crippen LogP contribution in [0.15, 0.2) is 23.4 Å². The molecule has 4 heteroatoms. The first-order valence-corrected chi connectivity index (χ1v) is 4.46. The minimum Gasteiger partial charge on any atom is -0.396 e. The van der Waals surface area contributed by atoms with Gasteiger partial charge >= 0.3 is 0 Å². The molecule has 0 unspecified atom stereocenters. The second kappa shape index (κ2) is 5.48. The van der Waals surface area contributed by atoms with Crippen molar-refractivity contribution in [3.63, 3.8) is 0 Å². The van der Waals surface area contributed by atoms with E-state index in [1.807, 2.05) is 0 Å². The van der Waals surface area contributed by atoms with Gasteiger partial charge in [-0.1, -0.05) is 0 Å². The van der Waals surface area contributed by atoms with Crippen LogP contribution in [0.3, 0.4) is 0 Å². The molecule has 1 N–H and O–H groups in total. The van der Waals surface area contributed by atoms with Gasteiger partial charge in [0.05, 0.1) is 6.33 Å². The van der Waals surface area contributed by atoms with Crippen molar-refractivity contribution >= 4 is 0 Å². The summed E-state index contributed by atoms with van der Waals surface area (Å²) < 4.78 is 1.58. The Kier molecular flexibility index (Phi) is 4.18. The van der Waals surface area contributed by atoms with E-state index in [0.29, 0.717) is 6.54 Å². The highest BCUT2D eigenvalue weighted by Crippen LogP contribution is 1.95. The largest absolute Gasteiger partial charge is 0.396 e. The summed E-state index contributed by atoms with van der Waals surface area (Å²) in [6, 6.07) is 1.45. The third-order valence-corrected chi connectivity index (χ3v) is 1.85. The van der Waals surface area contributed by atoms with E-state index in [0.717, 1.165) is 19.3 Å². The molecule has 0 aliphatic heterocycles. The summed E-state index contributed by atoms with van der Waals surface area (Å²) in [5.74, 6) is 0. The van der Waals surface area contributed by atoms with Crippen molar-refractivity contribution in [1.82, 2.24) is 9.55 Å². The predicted octanol–water partition coefficient (Wildman–Crippen LogP) is 0.406. The zero-order valence-electron chi connectivity index (χ0n) is 7.52. The lowest BCUT2D eigenvalue weighted by atomic mass is 10.2. The van der Waals surface area contributed by atoms with Gasteiger partial charge in [-0.2, -0.15) is 0 Å². The van der Waals surface area contributed by atoms with E-state index < -0.39 is 0 Å². The van der Waals surface area contributed by atoms with Crippen LogP contribution < -0.4 is 5.56 Å². The number of hydrogen-bond acceptors (Lipinski definition) is 3. The summed E-state index contributed by atoms with van der Waals surface area (Å²) in [6.45, 7) is 0.911. The fourth-order valence-electron chi connectivity index (χ4n) is 1.12. The molecule has 4 nitrogen and oxygen atoms in total. The molecule has 0 bridgehead atoms. The first-order chi connectivity index (χ1) is 6.34. The number of nitrogens with zero attached hydrogens (tertiary/aromatic N) is 2. The number of aliphatic hydroxyl groups is 1. The van der Waals surface area contributed by atoms with Crippen LogP contribution in [-0.2, 0) is 6.54 Å². The summed E-state index contributed by atoms with van der Waals surface area (Å²) in [5, 5.41) is 8.54. The number of rotatable bonds is 5. The number of hydrogen-bond donors (Lipinski definition) is 1. The molecule has 0 spiro atoms. The lowest BCUT2D eigenvalue weighted by molar-refractivity contribution is 0.281. The first kappa shape index (κ1) is 9.92. The molecule has 1 heterocycles. The Labute approximate surface area is 76.9 Å². The van der Waals surface area contributed by atoms with Gasteiger partial charge in [-0.05, 0) is 19.3 Å². The van der Waals surface area contributed by atoms with E-state index in [9.17, 15) is 4.79 Å². The molecule has 1 aromatic heterocycles. The van der Waals surface area contributed by atoms with Gasteiger partial charge < -0.3 is 5.11 Å². The molecule has 0 aliphatic rings. The first-order valence-electron chi connectivity index (χ1n) is 4.46. The average Bonchev–Trinajstić information content (AvgIpc) is 2.15. The summed E-state index contributed by atoms with van der Waals surface area (Å²) in [7, 11) is 0. The average molecular weight is 182 g/mol. The molecule has 0 aromatic carbocycles. The predicted molar refractivity (Wildman–Crippen MR) is 49.4 cm³/mol. The van der Waals surface area contributed by atoms with Gasteiger partial charge in [0.15, 0.2) is 0 Å². The maximum absolute atomic E-state index is 11.2. The molecule has 0 saturated heterocycles. The lowest BCUT2D eigenvalue weighted by Crippen LogP contribution is -2.18. The van der Waals surface area contributed by atoms with Crippen molar-refractivity contribution in [2.75, 3.05) is 6.61 Å². The van der Waals surface area contributed by atoms with Crippen LogP contribution >= 0.6 is 0 Å². The molecule has 13 heavy (non-hydrogen) atoms. The smallest absolute Gasteiger partial charge is 0.253 e. The van der Waals surface area contributed by atoms with E-state index in [1.54, 1.807) is 10.9 Å². The Morgan fingerprint density at radius 1 is 1.38 bits per heavy atom. The number of aromatic nitrogens is 2. The SMILES string of the molecule is O=c1ccncn1CCCCCO. The minimum atomic E-state index is -0.0148. The summed E-state index contributed by atoms with van der Waals surface area (Å²) in [4.78, 5) is 15.0. The summed E-state index contributed by atoms with van der Waals surface area (Å²) >= 11 is 0. The van der Waals surface area contributed by atoms with Crippen molar-refractivity contribution < 1.29 is 5.11 Å². The van der Waals surface area contributed by atoms with E-state index in [-0.39, 0.29) is 12.2 Å². The molecule has 1 aromatic rings. The Morgan fingerprint density at radius 3 is 2.92 bits per heavy atom. The Morgan fingerprint density at radius 2 is 2.23 bits per heavy atom. The molecule has 72 valence electrons. The fraction of sp³-hybridized carbons (Fsp3) is 0.556. The highest BCUT2D eigenvalue weighted by Gasteiger charge is 1.93. The van der Waals surface area contributed by atoms with Gasteiger partial charge in [-0.25, -0.2) is 4.98 Å². The zero-order valence-corrected chi connectivity index (χ0v) is 7.52. The second-order valence-corrected chi connectivity index (χ2v) is 2.90. The van der Waals surface area contributed by atoms with Crippen molar-refractivity contribution in [1.29, 1.82) is 0 Å². The Balaban J connectivity index is 2.37. The normalized spacial score (nSPS) is 10.2. The molecule has 1 rings (SSSR count). The van der Waals surface area contributed by atoms with Crippen molar-refractivity contribution in [2.24, 2.45) is 0 Å². The van der Waals surface area contributed by atoms with E-state index in [1.165, 1.54) is 12.3 Å². The topological polar surface area (TPSA) is 55.1 Å². The van der Waals surface area contributed by atoms with Gasteiger partial charge in [0, 0.05) is 25.4 Å². The lowest BCUT2D eigenvalue weighted by Gasteiger charge is -2.02. The Bertz CT molecular complexity index is 296. The molecule has 0 amide bonds. The van der Waals surface area contributed by atoms with Gasteiger partial charge in [0.25, 0.3) is 5.56 Å². The van der Waals surface area contributed by atoms with Crippen molar-refractivity contribution in [2.45, 2.75) is 25.8 Å². The molecular weight excluding hydrogens is 168 g/mol. The third kappa shape index (κ3) is 3.38. The van der Waals surface area contributed by atoms with Gasteiger partial charge in [0.2, 0.25) is 0 Å². The van der Waals surface area contributed by atoms with Gasteiger partial charge in [-0.3, -0.25) is 9.36 Å². The van der Waals surface area contributed by atoms with Crippen LogP contribution in [0.1, 0.15) is 19.3 Å². The van der Waals surface area contributed by atoms with Gasteiger partial charge in [0.1, 0.15) is 0 Å². The summed E-state index contributed by atoms with van der Waals surface area (Å²) in [5.41, 5.74) is -0.0148. The monoisotopic (exact) mass is 182 g/mol. The molecule has 0 radical (unpaired) electrons. The van der Waals surface area contributed by atoms with E-state index in [2.05, 4.69) is 4.98 Å². The molecule has 0 atom stereocenters. The van der Waals surface area contributed by atoms with Crippen LogP contribution in [0.5, 0.6) is 0 Å². The maximum Gasteiger partial charge on any atom is 0.253 e. The standard InChI is InChI=1S/C9H14N2O2/c12-7-3-1-2-6-11-8-10-5-4-9(11)13/h4-5,8,12H,1-3,6-7H2. The highest BCUT2D eigenvalue weighted by atomic mass is 16.2. The Hall–Kier alpha value is -1.16.